The van der Waals surface area contributed by atoms with Gasteiger partial charge in [-0.1, -0.05) is 24.1 Å². The summed E-state index contributed by atoms with van der Waals surface area (Å²) in [6.45, 7) is 2.63. The lowest BCUT2D eigenvalue weighted by Crippen LogP contribution is -2.57. The molecule has 5 rings (SSSR count). The Hall–Kier alpha value is -2.21. The summed E-state index contributed by atoms with van der Waals surface area (Å²) in [4.78, 5) is 26.8. The van der Waals surface area contributed by atoms with E-state index in [1.165, 1.54) is 10.5 Å². The van der Waals surface area contributed by atoms with E-state index in [-0.39, 0.29) is 23.7 Å². The molecule has 25 heavy (non-hydrogen) atoms. The van der Waals surface area contributed by atoms with E-state index in [1.54, 1.807) is 7.05 Å². The predicted octanol–water partition coefficient (Wildman–Crippen LogP) is 1.95. The highest BCUT2D eigenvalue weighted by atomic mass is 16.2. The quantitative estimate of drug-likeness (QED) is 0.735. The molecule has 1 aromatic carbocycles. The van der Waals surface area contributed by atoms with Crippen molar-refractivity contribution in [2.75, 3.05) is 18.7 Å². The number of hydrogen-bond acceptors (Lipinski definition) is 5. The van der Waals surface area contributed by atoms with Gasteiger partial charge in [0.2, 0.25) is 11.8 Å². The number of carbonyl (C=O) groups excluding carboxylic acids is 2. The molecule has 3 aliphatic heterocycles. The predicted molar refractivity (Wildman–Crippen MR) is 93.8 cm³/mol. The molecule has 6 nitrogen and oxygen atoms in total. The normalized spacial score (nSPS) is 34.2. The molecular formula is C19H22N4O2. The molecule has 2 amide bonds. The van der Waals surface area contributed by atoms with E-state index in [0.717, 1.165) is 37.1 Å². The Bertz CT molecular complexity index is 802. The number of fused-ring (bicyclic) bond motifs is 1. The van der Waals surface area contributed by atoms with Gasteiger partial charge in [0.05, 0.1) is 28.8 Å². The number of hydrazone groups is 1. The van der Waals surface area contributed by atoms with Gasteiger partial charge in [0.15, 0.2) is 0 Å². The molecule has 1 aliphatic carbocycles. The first kappa shape index (κ1) is 15.1. The number of hydrogen-bond donors (Lipinski definition) is 0. The average molecular weight is 338 g/mol. The number of anilines is 1. The van der Waals surface area contributed by atoms with Crippen LogP contribution in [0.5, 0.6) is 0 Å². The van der Waals surface area contributed by atoms with Crippen LogP contribution in [0.3, 0.4) is 0 Å². The number of likely N-dealkylation sites (tertiary alicyclic amines) is 1. The molecule has 3 fully saturated rings. The van der Waals surface area contributed by atoms with Gasteiger partial charge in [-0.25, -0.2) is 0 Å². The van der Waals surface area contributed by atoms with Crippen molar-refractivity contribution in [1.82, 2.24) is 9.91 Å². The van der Waals surface area contributed by atoms with E-state index < -0.39 is 5.54 Å². The summed E-state index contributed by atoms with van der Waals surface area (Å²) in [6, 6.07) is 8.28. The second-order valence-electron chi connectivity index (χ2n) is 7.70. The lowest BCUT2D eigenvalue weighted by atomic mass is 9.70. The summed E-state index contributed by atoms with van der Waals surface area (Å²) in [5.41, 5.74) is 2.89. The molecule has 1 aromatic rings. The van der Waals surface area contributed by atoms with Crippen LogP contribution in [-0.4, -0.2) is 46.6 Å². The molecule has 1 saturated carbocycles. The van der Waals surface area contributed by atoms with E-state index in [2.05, 4.69) is 36.2 Å². The Morgan fingerprint density at radius 1 is 1.12 bits per heavy atom. The van der Waals surface area contributed by atoms with E-state index in [0.29, 0.717) is 6.54 Å². The Balaban J connectivity index is 1.63. The lowest BCUT2D eigenvalue weighted by molar-refractivity contribution is -0.139. The Morgan fingerprint density at radius 2 is 1.88 bits per heavy atom. The van der Waals surface area contributed by atoms with Gasteiger partial charge in [0.25, 0.3) is 0 Å². The van der Waals surface area contributed by atoms with Crippen molar-refractivity contribution in [2.24, 2.45) is 16.9 Å². The molecule has 0 N–H and O–H groups in total. The molecule has 6 heteroatoms. The van der Waals surface area contributed by atoms with Crippen molar-refractivity contribution in [3.8, 4) is 0 Å². The highest BCUT2D eigenvalue weighted by Crippen LogP contribution is 2.54. The zero-order valence-electron chi connectivity index (χ0n) is 14.6. The first-order valence-corrected chi connectivity index (χ1v) is 9.08. The van der Waals surface area contributed by atoms with Crippen molar-refractivity contribution >= 4 is 23.2 Å². The van der Waals surface area contributed by atoms with Gasteiger partial charge >= 0.3 is 0 Å². The third-order valence-corrected chi connectivity index (χ3v) is 6.42. The maximum atomic E-state index is 12.9. The summed E-state index contributed by atoms with van der Waals surface area (Å²) in [6.07, 6.45) is 3.99. The zero-order chi connectivity index (χ0) is 17.3. The van der Waals surface area contributed by atoms with Crippen LogP contribution in [0.15, 0.2) is 29.4 Å². The maximum absolute atomic E-state index is 12.9. The van der Waals surface area contributed by atoms with Gasteiger partial charge in [-0.05, 0) is 38.3 Å². The Labute approximate surface area is 147 Å². The second-order valence-corrected chi connectivity index (χ2v) is 7.70. The molecule has 3 heterocycles. The molecule has 0 unspecified atom stereocenters. The molecule has 3 atom stereocenters. The second kappa shape index (κ2) is 4.91. The van der Waals surface area contributed by atoms with Crippen LogP contribution in [-0.2, 0) is 9.59 Å². The number of hydrazine groups is 1. The summed E-state index contributed by atoms with van der Waals surface area (Å²) < 4.78 is 0. The summed E-state index contributed by atoms with van der Waals surface area (Å²) in [5, 5.41) is 9.09. The SMILES string of the molecule is Cc1ccc(N2N=C3CCCC[C@@]34[C@@H]3C(=O)N(C)C(=O)[C@@H]3CN24)cc1. The van der Waals surface area contributed by atoms with Crippen molar-refractivity contribution in [3.05, 3.63) is 29.8 Å². The highest BCUT2D eigenvalue weighted by molar-refractivity contribution is 6.11. The molecule has 1 spiro atoms. The number of benzene rings is 1. The van der Waals surface area contributed by atoms with Gasteiger partial charge in [-0.15, -0.1) is 0 Å². The standard InChI is InChI=1S/C19H22N4O2/c1-12-6-8-13(9-7-12)23-20-15-5-3-4-10-19(15)16-14(11-22(19)23)17(24)21(2)18(16)25/h6-9,14,16H,3-5,10-11H2,1-2H3/t14-,16+,19+/m1/s1. The number of amides is 2. The summed E-state index contributed by atoms with van der Waals surface area (Å²) in [7, 11) is 1.62. The smallest absolute Gasteiger partial charge is 0.235 e. The number of aryl methyl sites for hydroxylation is 1. The minimum Gasteiger partial charge on any atom is -0.285 e. The third-order valence-electron chi connectivity index (χ3n) is 6.42. The molecule has 130 valence electrons. The largest absolute Gasteiger partial charge is 0.285 e. The third kappa shape index (κ3) is 1.75. The topological polar surface area (TPSA) is 56.2 Å². The Morgan fingerprint density at radius 3 is 2.64 bits per heavy atom. The first-order valence-electron chi connectivity index (χ1n) is 9.08. The number of rotatable bonds is 1. The van der Waals surface area contributed by atoms with Gasteiger partial charge in [-0.2, -0.15) is 15.2 Å². The van der Waals surface area contributed by atoms with Crippen molar-refractivity contribution in [2.45, 2.75) is 38.1 Å². The van der Waals surface area contributed by atoms with E-state index in [9.17, 15) is 9.59 Å². The van der Waals surface area contributed by atoms with Crippen LogP contribution in [0.4, 0.5) is 5.69 Å². The van der Waals surface area contributed by atoms with Gasteiger partial charge in [0, 0.05) is 13.6 Å². The van der Waals surface area contributed by atoms with Crippen LogP contribution < -0.4 is 5.12 Å². The average Bonchev–Trinajstić information content (AvgIpc) is 3.18. The first-order chi connectivity index (χ1) is 12.0. The van der Waals surface area contributed by atoms with E-state index in [4.69, 9.17) is 5.10 Å². The van der Waals surface area contributed by atoms with Gasteiger partial charge < -0.3 is 0 Å². The summed E-state index contributed by atoms with van der Waals surface area (Å²) >= 11 is 0. The minimum absolute atomic E-state index is 0.0298. The molecule has 2 saturated heterocycles. The van der Waals surface area contributed by atoms with E-state index >= 15 is 0 Å². The monoisotopic (exact) mass is 338 g/mol. The number of carbonyl (C=O) groups is 2. The van der Waals surface area contributed by atoms with Crippen LogP contribution in [0, 0.1) is 18.8 Å². The minimum atomic E-state index is -0.398. The van der Waals surface area contributed by atoms with Gasteiger partial charge in [-0.3, -0.25) is 14.5 Å². The number of imide groups is 1. The van der Waals surface area contributed by atoms with Crippen LogP contribution >= 0.6 is 0 Å². The Kier molecular flexibility index (Phi) is 2.96. The van der Waals surface area contributed by atoms with Crippen LogP contribution in [0.1, 0.15) is 31.2 Å². The fourth-order valence-electron chi connectivity index (χ4n) is 5.20. The molecule has 0 radical (unpaired) electrons. The summed E-state index contributed by atoms with van der Waals surface area (Å²) in [5.74, 6) is -0.584. The van der Waals surface area contributed by atoms with Crippen LogP contribution in [0.2, 0.25) is 0 Å². The molecule has 0 aromatic heterocycles. The zero-order valence-corrected chi connectivity index (χ0v) is 14.6. The van der Waals surface area contributed by atoms with Crippen molar-refractivity contribution in [1.29, 1.82) is 0 Å². The molecule has 0 bridgehead atoms. The fourth-order valence-corrected chi connectivity index (χ4v) is 5.20. The fraction of sp³-hybridized carbons (Fsp3) is 0.526. The van der Waals surface area contributed by atoms with Crippen molar-refractivity contribution in [3.63, 3.8) is 0 Å². The molecule has 4 aliphatic rings. The maximum Gasteiger partial charge on any atom is 0.235 e. The molecular weight excluding hydrogens is 316 g/mol. The van der Waals surface area contributed by atoms with Crippen LogP contribution in [0.25, 0.3) is 0 Å². The highest BCUT2D eigenvalue weighted by Gasteiger charge is 2.69. The lowest BCUT2D eigenvalue weighted by Gasteiger charge is -2.41. The van der Waals surface area contributed by atoms with Gasteiger partial charge in [0.1, 0.15) is 0 Å². The van der Waals surface area contributed by atoms with E-state index in [1.807, 2.05) is 5.12 Å². The number of nitrogens with zero attached hydrogens (tertiary/aromatic N) is 4. The van der Waals surface area contributed by atoms with Crippen molar-refractivity contribution < 1.29 is 9.59 Å².